The van der Waals surface area contributed by atoms with Crippen molar-refractivity contribution in [2.24, 2.45) is 0 Å². The Hall–Kier alpha value is -1.09. The van der Waals surface area contributed by atoms with E-state index in [0.717, 1.165) is 24.1 Å². The highest BCUT2D eigenvalue weighted by Gasteiger charge is 1.94. The van der Waals surface area contributed by atoms with Crippen molar-refractivity contribution in [2.45, 2.75) is 26.8 Å². The maximum absolute atomic E-state index is 8.81. The molecule has 0 radical (unpaired) electrons. The normalized spacial score (nSPS) is 12.1. The summed E-state index contributed by atoms with van der Waals surface area (Å²) in [7, 11) is 0. The van der Waals surface area contributed by atoms with Gasteiger partial charge in [0.15, 0.2) is 0 Å². The van der Waals surface area contributed by atoms with E-state index in [9.17, 15) is 0 Å². The number of aromatic nitrogens is 2. The van der Waals surface area contributed by atoms with Gasteiger partial charge in [0.05, 0.1) is 12.8 Å². The maximum Gasteiger partial charge on any atom is 0.0642 e. The van der Waals surface area contributed by atoms with E-state index in [1.165, 1.54) is 0 Å². The van der Waals surface area contributed by atoms with Crippen LogP contribution in [0.2, 0.25) is 0 Å². The van der Waals surface area contributed by atoms with Gasteiger partial charge in [0.2, 0.25) is 0 Å². The average Bonchev–Trinajstić information content (AvgIpc) is 2.53. The summed E-state index contributed by atoms with van der Waals surface area (Å²) in [5.41, 5.74) is 2.01. The van der Waals surface area contributed by atoms with Crippen molar-refractivity contribution >= 4 is 6.08 Å². The third-order valence-corrected chi connectivity index (χ3v) is 1.77. The molecule has 3 heteroatoms. The fraction of sp³-hybridized carbons (Fsp3) is 0.500. The van der Waals surface area contributed by atoms with E-state index in [0.29, 0.717) is 0 Å². The zero-order chi connectivity index (χ0) is 9.68. The van der Waals surface area contributed by atoms with E-state index in [4.69, 9.17) is 5.11 Å². The van der Waals surface area contributed by atoms with E-state index in [2.05, 4.69) is 12.0 Å². The van der Waals surface area contributed by atoms with Crippen LogP contribution in [0.4, 0.5) is 0 Å². The summed E-state index contributed by atoms with van der Waals surface area (Å²) in [6.07, 6.45) is 6.83. The van der Waals surface area contributed by atoms with Crippen LogP contribution in [0.5, 0.6) is 0 Å². The number of aliphatic hydroxyl groups excluding tert-OH is 1. The largest absolute Gasteiger partial charge is 0.392 e. The zero-order valence-corrected chi connectivity index (χ0v) is 8.20. The van der Waals surface area contributed by atoms with Gasteiger partial charge in [-0.25, -0.2) is 0 Å². The second-order valence-corrected chi connectivity index (χ2v) is 3.19. The zero-order valence-electron chi connectivity index (χ0n) is 8.20. The topological polar surface area (TPSA) is 38.0 Å². The van der Waals surface area contributed by atoms with Crippen LogP contribution >= 0.6 is 0 Å². The van der Waals surface area contributed by atoms with Crippen LogP contribution in [0, 0.1) is 0 Å². The number of rotatable bonds is 4. The minimum atomic E-state index is 0.110. The van der Waals surface area contributed by atoms with E-state index < -0.39 is 0 Å². The monoisotopic (exact) mass is 180 g/mol. The van der Waals surface area contributed by atoms with E-state index in [-0.39, 0.29) is 6.61 Å². The molecule has 3 nitrogen and oxygen atoms in total. The number of nitrogens with zero attached hydrogens (tertiary/aromatic N) is 2. The SMILES string of the molecule is CCCn1cc(/C=C(/C)CO)cn1. The summed E-state index contributed by atoms with van der Waals surface area (Å²) in [5.74, 6) is 0. The Morgan fingerprint density at radius 1 is 1.69 bits per heavy atom. The molecule has 0 saturated heterocycles. The first-order valence-corrected chi connectivity index (χ1v) is 4.56. The van der Waals surface area contributed by atoms with Crippen LogP contribution in [0.1, 0.15) is 25.8 Å². The summed E-state index contributed by atoms with van der Waals surface area (Å²) in [6, 6.07) is 0. The molecule has 0 spiro atoms. The second-order valence-electron chi connectivity index (χ2n) is 3.19. The number of hydrogen-bond donors (Lipinski definition) is 1. The van der Waals surface area contributed by atoms with Crippen LogP contribution in [0.3, 0.4) is 0 Å². The van der Waals surface area contributed by atoms with Crippen molar-refractivity contribution in [3.63, 3.8) is 0 Å². The molecule has 0 amide bonds. The molecule has 1 aromatic rings. The molecule has 1 N–H and O–H groups in total. The molecule has 13 heavy (non-hydrogen) atoms. The predicted octanol–water partition coefficient (Wildman–Crippen LogP) is 1.69. The highest BCUT2D eigenvalue weighted by Crippen LogP contribution is 2.05. The standard InChI is InChI=1S/C10H16N2O/c1-3-4-12-7-10(6-11-12)5-9(2)8-13/h5-7,13H,3-4,8H2,1-2H3/b9-5-. The molecule has 1 heterocycles. The molecular weight excluding hydrogens is 164 g/mol. The Bertz CT molecular complexity index is 289. The molecule has 0 fully saturated rings. The van der Waals surface area contributed by atoms with E-state index in [1.54, 1.807) is 0 Å². The highest BCUT2D eigenvalue weighted by atomic mass is 16.3. The first-order valence-electron chi connectivity index (χ1n) is 4.56. The maximum atomic E-state index is 8.81. The summed E-state index contributed by atoms with van der Waals surface area (Å²) >= 11 is 0. The minimum absolute atomic E-state index is 0.110. The van der Waals surface area contributed by atoms with Gasteiger partial charge in [0, 0.05) is 18.3 Å². The lowest BCUT2D eigenvalue weighted by Crippen LogP contribution is -1.95. The van der Waals surface area contributed by atoms with Crippen molar-refractivity contribution in [3.05, 3.63) is 23.5 Å². The minimum Gasteiger partial charge on any atom is -0.392 e. The molecule has 72 valence electrons. The van der Waals surface area contributed by atoms with Gasteiger partial charge in [0.1, 0.15) is 0 Å². The Balaban J connectivity index is 2.68. The van der Waals surface area contributed by atoms with Crippen molar-refractivity contribution in [2.75, 3.05) is 6.61 Å². The van der Waals surface area contributed by atoms with Gasteiger partial charge in [-0.15, -0.1) is 0 Å². The molecule has 0 aliphatic carbocycles. The Kier molecular flexibility index (Phi) is 3.71. The molecule has 0 aliphatic rings. The molecular formula is C10H16N2O. The lowest BCUT2D eigenvalue weighted by molar-refractivity contribution is 0.332. The molecule has 0 aliphatic heterocycles. The fourth-order valence-electron chi connectivity index (χ4n) is 1.14. The number of hydrogen-bond acceptors (Lipinski definition) is 2. The molecule has 0 bridgehead atoms. The molecule has 1 rings (SSSR count). The first kappa shape index (κ1) is 9.99. The summed E-state index contributed by atoms with van der Waals surface area (Å²) < 4.78 is 1.91. The van der Waals surface area contributed by atoms with Crippen LogP contribution in [0.15, 0.2) is 18.0 Å². The smallest absolute Gasteiger partial charge is 0.0642 e. The molecule has 0 atom stereocenters. The Labute approximate surface area is 78.7 Å². The van der Waals surface area contributed by atoms with Gasteiger partial charge in [-0.1, -0.05) is 13.0 Å². The van der Waals surface area contributed by atoms with Crippen molar-refractivity contribution in [1.29, 1.82) is 0 Å². The van der Waals surface area contributed by atoms with Gasteiger partial charge in [0.25, 0.3) is 0 Å². The number of aryl methyl sites for hydroxylation is 1. The van der Waals surface area contributed by atoms with Crippen molar-refractivity contribution < 1.29 is 5.11 Å². The van der Waals surface area contributed by atoms with Crippen molar-refractivity contribution in [1.82, 2.24) is 9.78 Å². The quantitative estimate of drug-likeness (QED) is 0.765. The highest BCUT2D eigenvalue weighted by molar-refractivity contribution is 5.50. The van der Waals surface area contributed by atoms with Gasteiger partial charge in [-0.05, 0) is 18.9 Å². The van der Waals surface area contributed by atoms with Crippen molar-refractivity contribution in [3.8, 4) is 0 Å². The van der Waals surface area contributed by atoms with Gasteiger partial charge < -0.3 is 5.11 Å². The van der Waals surface area contributed by atoms with Gasteiger partial charge in [-0.2, -0.15) is 5.10 Å². The Morgan fingerprint density at radius 2 is 2.46 bits per heavy atom. The second kappa shape index (κ2) is 4.82. The molecule has 0 unspecified atom stereocenters. The fourth-order valence-corrected chi connectivity index (χ4v) is 1.14. The summed E-state index contributed by atoms with van der Waals surface area (Å²) in [6.45, 7) is 5.08. The summed E-state index contributed by atoms with van der Waals surface area (Å²) in [4.78, 5) is 0. The third-order valence-electron chi connectivity index (χ3n) is 1.77. The van der Waals surface area contributed by atoms with Gasteiger partial charge in [-0.3, -0.25) is 4.68 Å². The molecule has 0 saturated carbocycles. The van der Waals surface area contributed by atoms with Crippen LogP contribution in [-0.2, 0) is 6.54 Å². The molecule has 0 aromatic carbocycles. The lowest BCUT2D eigenvalue weighted by atomic mass is 10.2. The number of aliphatic hydroxyl groups is 1. The summed E-state index contributed by atoms with van der Waals surface area (Å²) in [5, 5.41) is 13.0. The van der Waals surface area contributed by atoms with Crippen LogP contribution in [-0.4, -0.2) is 21.5 Å². The Morgan fingerprint density at radius 3 is 3.08 bits per heavy atom. The first-order chi connectivity index (χ1) is 6.26. The third kappa shape index (κ3) is 3.03. The predicted molar refractivity (Wildman–Crippen MR) is 53.3 cm³/mol. The average molecular weight is 180 g/mol. The van der Waals surface area contributed by atoms with Gasteiger partial charge >= 0.3 is 0 Å². The van der Waals surface area contributed by atoms with E-state index in [1.807, 2.05) is 30.1 Å². The van der Waals surface area contributed by atoms with Crippen LogP contribution in [0.25, 0.3) is 6.08 Å². The van der Waals surface area contributed by atoms with E-state index >= 15 is 0 Å². The molecule has 1 aromatic heterocycles. The van der Waals surface area contributed by atoms with Crippen LogP contribution < -0.4 is 0 Å². The lowest BCUT2D eigenvalue weighted by Gasteiger charge is -1.94.